The Hall–Kier alpha value is -2.48. The lowest BCUT2D eigenvalue weighted by molar-refractivity contribution is -0.155. The number of ether oxygens (including phenoxy) is 2. The smallest absolute Gasteiger partial charge is 0.320 e. The number of likely N-dealkylation sites (N-methyl/N-ethyl adjacent to an activating group) is 1. The number of anilines is 1. The van der Waals surface area contributed by atoms with Crippen LogP contribution in [0, 0.1) is 0 Å². The maximum absolute atomic E-state index is 12.1. The van der Waals surface area contributed by atoms with Gasteiger partial charge in [0.15, 0.2) is 0 Å². The molecule has 1 aromatic carbocycles. The van der Waals surface area contributed by atoms with Crippen molar-refractivity contribution in [2.75, 3.05) is 32.1 Å². The van der Waals surface area contributed by atoms with Crippen molar-refractivity contribution in [3.05, 3.63) is 46.6 Å². The van der Waals surface area contributed by atoms with E-state index in [1.54, 1.807) is 6.20 Å². The van der Waals surface area contributed by atoms with Crippen LogP contribution in [-0.4, -0.2) is 60.6 Å². The van der Waals surface area contributed by atoms with Gasteiger partial charge in [-0.3, -0.25) is 14.5 Å². The van der Waals surface area contributed by atoms with E-state index in [1.165, 1.54) is 0 Å². The Balaban J connectivity index is 1.74. The fraction of sp³-hybridized carbons (Fsp3) is 0.480. The van der Waals surface area contributed by atoms with Crippen LogP contribution in [0.3, 0.4) is 0 Å². The molecule has 0 saturated carbocycles. The summed E-state index contributed by atoms with van der Waals surface area (Å²) in [6.07, 6.45) is 4.32. The van der Waals surface area contributed by atoms with E-state index in [9.17, 15) is 9.59 Å². The van der Waals surface area contributed by atoms with Crippen molar-refractivity contribution in [1.82, 2.24) is 9.88 Å². The Morgan fingerprint density at radius 3 is 2.70 bits per heavy atom. The lowest BCUT2D eigenvalue weighted by Crippen LogP contribution is -2.32. The second kappa shape index (κ2) is 11.1. The molecule has 0 amide bonds. The predicted molar refractivity (Wildman–Crippen MR) is 130 cm³/mol. The molecule has 3 rings (SSSR count). The second-order valence-corrected chi connectivity index (χ2v) is 9.78. The van der Waals surface area contributed by atoms with Gasteiger partial charge in [0.2, 0.25) is 0 Å². The number of hydrogen-bond acceptors (Lipinski definition) is 7. The van der Waals surface area contributed by atoms with Crippen molar-refractivity contribution >= 4 is 29.7 Å². The first-order chi connectivity index (χ1) is 15.6. The van der Waals surface area contributed by atoms with Gasteiger partial charge in [-0.2, -0.15) is 0 Å². The Labute approximate surface area is 200 Å². The molecule has 33 heavy (non-hydrogen) atoms. The van der Waals surface area contributed by atoms with Crippen LogP contribution in [0.15, 0.2) is 30.5 Å². The van der Waals surface area contributed by atoms with E-state index in [0.717, 1.165) is 54.8 Å². The van der Waals surface area contributed by atoms with E-state index in [2.05, 4.69) is 10.3 Å². The minimum absolute atomic E-state index is 0.134. The molecule has 1 saturated heterocycles. The quantitative estimate of drug-likeness (QED) is 0.444. The van der Waals surface area contributed by atoms with E-state index in [1.807, 2.05) is 57.0 Å². The minimum atomic E-state index is -0.532. The summed E-state index contributed by atoms with van der Waals surface area (Å²) in [6.45, 7) is 7.56. The number of rotatable bonds is 8. The van der Waals surface area contributed by atoms with Crippen molar-refractivity contribution in [3.8, 4) is 11.1 Å². The minimum Gasteiger partial charge on any atom is -0.459 e. The summed E-state index contributed by atoms with van der Waals surface area (Å²) in [5.41, 5.74) is 2.48. The molecule has 0 radical (unpaired) electrons. The van der Waals surface area contributed by atoms with Crippen LogP contribution in [0.1, 0.15) is 49.5 Å². The molecular weight excluding hydrogens is 442 g/mol. The number of nitrogens with one attached hydrogen (secondary N) is 1. The second-order valence-electron chi connectivity index (χ2n) is 9.37. The summed E-state index contributed by atoms with van der Waals surface area (Å²) >= 11 is 6.44. The lowest BCUT2D eigenvalue weighted by Gasteiger charge is -2.24. The van der Waals surface area contributed by atoms with Gasteiger partial charge < -0.3 is 14.8 Å². The maximum atomic E-state index is 12.1. The topological polar surface area (TPSA) is 80.8 Å². The van der Waals surface area contributed by atoms with Gasteiger partial charge in [0.05, 0.1) is 11.6 Å². The first kappa shape index (κ1) is 25.1. The van der Waals surface area contributed by atoms with Gasteiger partial charge in [0.25, 0.3) is 0 Å². The molecule has 0 spiro atoms. The van der Waals surface area contributed by atoms with E-state index < -0.39 is 5.60 Å². The first-order valence-corrected chi connectivity index (χ1v) is 11.5. The van der Waals surface area contributed by atoms with Gasteiger partial charge in [0, 0.05) is 43.1 Å². The zero-order valence-corrected chi connectivity index (χ0v) is 20.4. The molecule has 1 aromatic heterocycles. The van der Waals surface area contributed by atoms with Crippen LogP contribution in [0.2, 0.25) is 5.02 Å². The standard InChI is InChI=1S/C25H32ClN3O4/c1-25(2,3)33-24(31)15-29(4)14-18-6-5-17(11-19(18)16-30)21-12-23(27-13-22(21)26)28-20-7-9-32-10-8-20/h5-6,11-13,16,20H,7-10,14-15H2,1-4H3,(H,27,28). The Morgan fingerprint density at radius 2 is 2.03 bits per heavy atom. The van der Waals surface area contributed by atoms with Gasteiger partial charge in [0.1, 0.15) is 17.7 Å². The highest BCUT2D eigenvalue weighted by Crippen LogP contribution is 2.31. The lowest BCUT2D eigenvalue weighted by atomic mass is 9.99. The van der Waals surface area contributed by atoms with E-state index in [-0.39, 0.29) is 12.5 Å². The van der Waals surface area contributed by atoms with E-state index in [4.69, 9.17) is 21.1 Å². The summed E-state index contributed by atoms with van der Waals surface area (Å²) in [6, 6.07) is 7.88. The number of aromatic nitrogens is 1. The monoisotopic (exact) mass is 473 g/mol. The summed E-state index contributed by atoms with van der Waals surface area (Å²) in [4.78, 5) is 30.2. The summed E-state index contributed by atoms with van der Waals surface area (Å²) < 4.78 is 10.8. The average molecular weight is 474 g/mol. The van der Waals surface area contributed by atoms with Crippen molar-refractivity contribution in [1.29, 1.82) is 0 Å². The summed E-state index contributed by atoms with van der Waals surface area (Å²) in [7, 11) is 1.82. The zero-order chi connectivity index (χ0) is 24.0. The number of pyridine rings is 1. The number of benzene rings is 1. The van der Waals surface area contributed by atoms with Crippen LogP contribution in [0.25, 0.3) is 11.1 Å². The number of nitrogens with zero attached hydrogens (tertiary/aromatic N) is 2. The molecule has 0 atom stereocenters. The number of halogens is 1. The number of hydrogen-bond donors (Lipinski definition) is 1. The average Bonchev–Trinajstić information content (AvgIpc) is 2.74. The van der Waals surface area contributed by atoms with Crippen LogP contribution < -0.4 is 5.32 Å². The Morgan fingerprint density at radius 1 is 1.30 bits per heavy atom. The number of carbonyl (C=O) groups excluding carboxylic acids is 2. The van der Waals surface area contributed by atoms with Crippen LogP contribution >= 0.6 is 11.6 Å². The van der Waals surface area contributed by atoms with Gasteiger partial charge >= 0.3 is 5.97 Å². The number of esters is 1. The molecule has 1 N–H and O–H groups in total. The van der Waals surface area contributed by atoms with Gasteiger partial charge in [-0.15, -0.1) is 0 Å². The third-order valence-electron chi connectivity index (χ3n) is 5.27. The van der Waals surface area contributed by atoms with Crippen molar-refractivity contribution in [2.24, 2.45) is 0 Å². The first-order valence-electron chi connectivity index (χ1n) is 11.1. The number of carbonyl (C=O) groups is 2. The molecule has 7 nitrogen and oxygen atoms in total. The highest BCUT2D eigenvalue weighted by Gasteiger charge is 2.19. The van der Waals surface area contributed by atoms with Crippen molar-refractivity contribution in [3.63, 3.8) is 0 Å². The Kier molecular flexibility index (Phi) is 8.46. The summed E-state index contributed by atoms with van der Waals surface area (Å²) in [5.74, 6) is 0.442. The van der Waals surface area contributed by atoms with Crippen molar-refractivity contribution < 1.29 is 19.1 Å². The molecule has 178 valence electrons. The fourth-order valence-electron chi connectivity index (χ4n) is 3.75. The van der Waals surface area contributed by atoms with Crippen LogP contribution in [0.4, 0.5) is 5.82 Å². The van der Waals surface area contributed by atoms with Gasteiger partial charge in [-0.1, -0.05) is 23.7 Å². The van der Waals surface area contributed by atoms with Crippen molar-refractivity contribution in [2.45, 2.75) is 51.8 Å². The molecule has 8 heteroatoms. The van der Waals surface area contributed by atoms with Gasteiger partial charge in [-0.25, -0.2) is 4.98 Å². The van der Waals surface area contributed by atoms with E-state index >= 15 is 0 Å². The molecule has 0 bridgehead atoms. The third kappa shape index (κ3) is 7.52. The summed E-state index contributed by atoms with van der Waals surface area (Å²) in [5, 5.41) is 3.96. The molecule has 1 fully saturated rings. The highest BCUT2D eigenvalue weighted by molar-refractivity contribution is 6.33. The SMILES string of the molecule is CN(CC(=O)OC(C)(C)C)Cc1ccc(-c2cc(NC3CCOCC3)ncc2Cl)cc1C=O. The highest BCUT2D eigenvalue weighted by atomic mass is 35.5. The molecule has 2 heterocycles. The van der Waals surface area contributed by atoms with Crippen LogP contribution in [-0.2, 0) is 20.8 Å². The largest absolute Gasteiger partial charge is 0.459 e. The molecule has 0 unspecified atom stereocenters. The fourth-order valence-corrected chi connectivity index (χ4v) is 3.96. The zero-order valence-electron chi connectivity index (χ0n) is 19.7. The maximum Gasteiger partial charge on any atom is 0.320 e. The molecular formula is C25H32ClN3O4. The number of aldehydes is 1. The molecule has 1 aliphatic heterocycles. The molecule has 1 aliphatic rings. The predicted octanol–water partition coefficient (Wildman–Crippen LogP) is 4.58. The van der Waals surface area contributed by atoms with E-state index in [0.29, 0.717) is 23.2 Å². The molecule has 2 aromatic rings. The van der Waals surface area contributed by atoms with Crippen LogP contribution in [0.5, 0.6) is 0 Å². The third-order valence-corrected chi connectivity index (χ3v) is 5.57. The Bertz CT molecular complexity index is 984. The molecule has 0 aliphatic carbocycles. The normalized spacial score (nSPS) is 14.8. The van der Waals surface area contributed by atoms with Gasteiger partial charge in [-0.05, 0) is 63.9 Å².